The SMILES string of the molecule is C#CCC1CCCc2ccccc21. The number of hydrogen-bond acceptors (Lipinski definition) is 0. The van der Waals surface area contributed by atoms with Crippen molar-refractivity contribution in [3.05, 3.63) is 35.4 Å². The number of benzene rings is 1. The van der Waals surface area contributed by atoms with Gasteiger partial charge in [-0.25, -0.2) is 0 Å². The Morgan fingerprint density at radius 1 is 1.38 bits per heavy atom. The Kier molecular flexibility index (Phi) is 2.36. The van der Waals surface area contributed by atoms with E-state index >= 15 is 0 Å². The van der Waals surface area contributed by atoms with Crippen LogP contribution >= 0.6 is 0 Å². The Labute approximate surface area is 80.0 Å². The van der Waals surface area contributed by atoms with Crippen LogP contribution in [0.15, 0.2) is 24.3 Å². The molecular formula is C13H14. The Bertz CT molecular complexity index is 330. The molecule has 13 heavy (non-hydrogen) atoms. The van der Waals surface area contributed by atoms with E-state index in [9.17, 15) is 0 Å². The maximum absolute atomic E-state index is 5.37. The lowest BCUT2D eigenvalue weighted by molar-refractivity contribution is 0.563. The highest BCUT2D eigenvalue weighted by Gasteiger charge is 2.18. The van der Waals surface area contributed by atoms with Gasteiger partial charge in [0.05, 0.1) is 0 Å². The monoisotopic (exact) mass is 170 g/mol. The second-order valence-corrected chi connectivity index (χ2v) is 3.70. The van der Waals surface area contributed by atoms with Crippen LogP contribution in [-0.4, -0.2) is 0 Å². The fourth-order valence-corrected chi connectivity index (χ4v) is 2.21. The van der Waals surface area contributed by atoms with E-state index < -0.39 is 0 Å². The third-order valence-corrected chi connectivity index (χ3v) is 2.86. The maximum Gasteiger partial charge on any atom is 0.0155 e. The lowest BCUT2D eigenvalue weighted by atomic mass is 9.81. The molecule has 0 spiro atoms. The average molecular weight is 170 g/mol. The first-order valence-electron chi connectivity index (χ1n) is 4.93. The largest absolute Gasteiger partial charge is 0.120 e. The zero-order valence-electron chi connectivity index (χ0n) is 7.79. The van der Waals surface area contributed by atoms with Crippen molar-refractivity contribution in [1.29, 1.82) is 0 Å². The van der Waals surface area contributed by atoms with Crippen molar-refractivity contribution < 1.29 is 0 Å². The molecule has 0 fully saturated rings. The number of fused-ring (bicyclic) bond motifs is 1. The predicted octanol–water partition coefficient (Wildman–Crippen LogP) is 3.13. The Morgan fingerprint density at radius 3 is 3.08 bits per heavy atom. The van der Waals surface area contributed by atoms with Crippen molar-refractivity contribution in [3.8, 4) is 12.3 Å². The van der Waals surface area contributed by atoms with Gasteiger partial charge in [-0.15, -0.1) is 12.3 Å². The maximum atomic E-state index is 5.37. The fourth-order valence-electron chi connectivity index (χ4n) is 2.21. The van der Waals surface area contributed by atoms with Crippen LogP contribution in [-0.2, 0) is 6.42 Å². The van der Waals surface area contributed by atoms with E-state index in [4.69, 9.17) is 6.42 Å². The lowest BCUT2D eigenvalue weighted by Gasteiger charge is -2.23. The van der Waals surface area contributed by atoms with Gasteiger partial charge in [0.1, 0.15) is 0 Å². The van der Waals surface area contributed by atoms with Crippen LogP contribution in [0.3, 0.4) is 0 Å². The fraction of sp³-hybridized carbons (Fsp3) is 0.385. The van der Waals surface area contributed by atoms with Crippen LogP contribution in [0, 0.1) is 12.3 Å². The summed E-state index contributed by atoms with van der Waals surface area (Å²) in [4.78, 5) is 0. The van der Waals surface area contributed by atoms with Gasteiger partial charge in [-0.3, -0.25) is 0 Å². The Morgan fingerprint density at radius 2 is 2.23 bits per heavy atom. The molecule has 0 radical (unpaired) electrons. The van der Waals surface area contributed by atoms with Gasteiger partial charge in [0.2, 0.25) is 0 Å². The van der Waals surface area contributed by atoms with Gasteiger partial charge in [0, 0.05) is 6.42 Å². The Balaban J connectivity index is 2.32. The van der Waals surface area contributed by atoms with Crippen molar-refractivity contribution in [2.24, 2.45) is 0 Å². The van der Waals surface area contributed by atoms with Crippen LogP contribution in [0.4, 0.5) is 0 Å². The van der Waals surface area contributed by atoms with Crippen LogP contribution in [0.1, 0.15) is 36.3 Å². The summed E-state index contributed by atoms with van der Waals surface area (Å²) in [6.45, 7) is 0. The molecule has 2 rings (SSSR count). The second-order valence-electron chi connectivity index (χ2n) is 3.70. The molecule has 1 aliphatic carbocycles. The molecule has 1 aromatic rings. The zero-order valence-corrected chi connectivity index (χ0v) is 7.79. The van der Waals surface area contributed by atoms with E-state index in [0.29, 0.717) is 5.92 Å². The van der Waals surface area contributed by atoms with Crippen molar-refractivity contribution in [3.63, 3.8) is 0 Å². The van der Waals surface area contributed by atoms with Crippen LogP contribution < -0.4 is 0 Å². The van der Waals surface area contributed by atoms with Gasteiger partial charge >= 0.3 is 0 Å². The molecule has 0 heteroatoms. The van der Waals surface area contributed by atoms with E-state index in [1.165, 1.54) is 30.4 Å². The van der Waals surface area contributed by atoms with Crippen molar-refractivity contribution in [2.75, 3.05) is 0 Å². The molecule has 1 aliphatic rings. The summed E-state index contributed by atoms with van der Waals surface area (Å²) in [5.74, 6) is 3.40. The quantitative estimate of drug-likeness (QED) is 0.568. The summed E-state index contributed by atoms with van der Waals surface area (Å²) in [6.07, 6.45) is 10.1. The van der Waals surface area contributed by atoms with Gasteiger partial charge in [0.25, 0.3) is 0 Å². The first-order valence-corrected chi connectivity index (χ1v) is 4.93. The first kappa shape index (κ1) is 8.38. The molecule has 0 nitrogen and oxygen atoms in total. The van der Waals surface area contributed by atoms with Crippen LogP contribution in [0.2, 0.25) is 0 Å². The molecule has 0 saturated carbocycles. The summed E-state index contributed by atoms with van der Waals surface area (Å²) < 4.78 is 0. The van der Waals surface area contributed by atoms with E-state index in [2.05, 4.69) is 30.2 Å². The van der Waals surface area contributed by atoms with E-state index in [1.807, 2.05) is 0 Å². The minimum atomic E-state index is 0.620. The molecule has 1 unspecified atom stereocenters. The highest BCUT2D eigenvalue weighted by atomic mass is 14.2. The van der Waals surface area contributed by atoms with Gasteiger partial charge in [0.15, 0.2) is 0 Å². The third kappa shape index (κ3) is 1.60. The summed E-state index contributed by atoms with van der Waals surface area (Å²) >= 11 is 0. The lowest BCUT2D eigenvalue weighted by Crippen LogP contribution is -2.08. The van der Waals surface area contributed by atoms with E-state index in [1.54, 1.807) is 0 Å². The van der Waals surface area contributed by atoms with Crippen molar-refractivity contribution in [1.82, 2.24) is 0 Å². The molecule has 1 aromatic carbocycles. The van der Waals surface area contributed by atoms with Crippen molar-refractivity contribution >= 4 is 0 Å². The molecule has 0 saturated heterocycles. The highest BCUT2D eigenvalue weighted by molar-refractivity contribution is 5.33. The molecule has 0 aromatic heterocycles. The molecule has 66 valence electrons. The van der Waals surface area contributed by atoms with E-state index in [0.717, 1.165) is 6.42 Å². The molecule has 0 N–H and O–H groups in total. The van der Waals surface area contributed by atoms with Gasteiger partial charge in [-0.05, 0) is 36.3 Å². The van der Waals surface area contributed by atoms with Crippen molar-refractivity contribution in [2.45, 2.75) is 31.6 Å². The van der Waals surface area contributed by atoms with Crippen LogP contribution in [0.5, 0.6) is 0 Å². The molecular weight excluding hydrogens is 156 g/mol. The number of hydrogen-bond donors (Lipinski definition) is 0. The number of terminal acetylenes is 1. The zero-order chi connectivity index (χ0) is 9.10. The second kappa shape index (κ2) is 3.66. The molecule has 0 amide bonds. The molecule has 1 atom stereocenters. The summed E-state index contributed by atoms with van der Waals surface area (Å²) in [5, 5.41) is 0. The smallest absolute Gasteiger partial charge is 0.0155 e. The molecule has 0 aliphatic heterocycles. The Hall–Kier alpha value is -1.22. The third-order valence-electron chi connectivity index (χ3n) is 2.86. The molecule has 0 bridgehead atoms. The van der Waals surface area contributed by atoms with Gasteiger partial charge in [-0.2, -0.15) is 0 Å². The minimum absolute atomic E-state index is 0.620. The van der Waals surface area contributed by atoms with Gasteiger partial charge in [-0.1, -0.05) is 24.3 Å². The summed E-state index contributed by atoms with van der Waals surface area (Å²) in [7, 11) is 0. The van der Waals surface area contributed by atoms with E-state index in [-0.39, 0.29) is 0 Å². The highest BCUT2D eigenvalue weighted by Crippen LogP contribution is 2.33. The summed E-state index contributed by atoms with van der Waals surface area (Å²) in [5.41, 5.74) is 3.00. The average Bonchev–Trinajstić information content (AvgIpc) is 2.19. The van der Waals surface area contributed by atoms with Gasteiger partial charge < -0.3 is 0 Å². The number of aryl methyl sites for hydroxylation is 1. The minimum Gasteiger partial charge on any atom is -0.120 e. The topological polar surface area (TPSA) is 0 Å². The summed E-state index contributed by atoms with van der Waals surface area (Å²) in [6, 6.07) is 8.71. The predicted molar refractivity (Wildman–Crippen MR) is 55.6 cm³/mol. The van der Waals surface area contributed by atoms with Crippen LogP contribution in [0.25, 0.3) is 0 Å². The first-order chi connectivity index (χ1) is 6.42. The number of rotatable bonds is 1. The normalized spacial score (nSPS) is 20.4. The molecule has 0 heterocycles. The standard InChI is InChI=1S/C13H14/c1-2-6-11-8-5-9-12-7-3-4-10-13(11)12/h1,3-4,7,10-11H,5-6,8-9H2.